The summed E-state index contributed by atoms with van der Waals surface area (Å²) >= 11 is 6.06. The predicted octanol–water partition coefficient (Wildman–Crippen LogP) is 3.37. The summed E-state index contributed by atoms with van der Waals surface area (Å²) in [4.78, 5) is 23.5. The van der Waals surface area contributed by atoms with Crippen LogP contribution in [0, 0.1) is 0 Å². The number of anilines is 3. The molecule has 2 aromatic carbocycles. The van der Waals surface area contributed by atoms with Gasteiger partial charge in [0.25, 0.3) is 0 Å². The number of amides is 2. The SMILES string of the molecule is COc1ccc(NC(C)=O)cc1NC(=O)CNc1cccc(Cl)c1OC. The van der Waals surface area contributed by atoms with E-state index in [4.69, 9.17) is 21.1 Å². The third kappa shape index (κ3) is 5.03. The molecule has 0 saturated heterocycles. The number of nitrogens with one attached hydrogen (secondary N) is 3. The van der Waals surface area contributed by atoms with Crippen molar-refractivity contribution in [2.45, 2.75) is 6.92 Å². The van der Waals surface area contributed by atoms with Crippen LogP contribution in [0.3, 0.4) is 0 Å². The quantitative estimate of drug-likeness (QED) is 0.688. The molecule has 0 atom stereocenters. The fraction of sp³-hybridized carbons (Fsp3) is 0.222. The number of benzene rings is 2. The summed E-state index contributed by atoms with van der Waals surface area (Å²) in [7, 11) is 3.00. The van der Waals surface area contributed by atoms with Gasteiger partial charge in [-0.05, 0) is 30.3 Å². The third-order valence-electron chi connectivity index (χ3n) is 3.40. The van der Waals surface area contributed by atoms with E-state index in [9.17, 15) is 9.59 Å². The van der Waals surface area contributed by atoms with E-state index in [0.717, 1.165) is 0 Å². The van der Waals surface area contributed by atoms with Gasteiger partial charge in [-0.25, -0.2) is 0 Å². The van der Waals surface area contributed by atoms with Crippen molar-refractivity contribution in [1.82, 2.24) is 0 Å². The van der Waals surface area contributed by atoms with E-state index in [-0.39, 0.29) is 18.4 Å². The Bertz CT molecular complexity index is 811. The molecule has 0 aromatic heterocycles. The Hall–Kier alpha value is -2.93. The van der Waals surface area contributed by atoms with Crippen molar-refractivity contribution in [2.24, 2.45) is 0 Å². The standard InChI is InChI=1S/C18H20ClN3O4/c1-11(23)21-12-7-8-16(25-2)15(9-12)22-17(24)10-20-14-6-4-5-13(19)18(14)26-3/h4-9,20H,10H2,1-3H3,(H,21,23)(H,22,24). The molecule has 0 aliphatic carbocycles. The monoisotopic (exact) mass is 377 g/mol. The summed E-state index contributed by atoms with van der Waals surface area (Å²) in [5.41, 5.74) is 1.61. The molecule has 2 amide bonds. The van der Waals surface area contributed by atoms with Gasteiger partial charge in [0.15, 0.2) is 5.75 Å². The molecule has 2 rings (SSSR count). The van der Waals surface area contributed by atoms with E-state index in [0.29, 0.717) is 33.6 Å². The number of methoxy groups -OCH3 is 2. The highest BCUT2D eigenvalue weighted by molar-refractivity contribution is 6.32. The number of hydrogen-bond donors (Lipinski definition) is 3. The van der Waals surface area contributed by atoms with E-state index in [2.05, 4.69) is 16.0 Å². The molecular weight excluding hydrogens is 358 g/mol. The molecule has 0 saturated carbocycles. The zero-order valence-electron chi connectivity index (χ0n) is 14.7. The van der Waals surface area contributed by atoms with Crippen LogP contribution in [0.15, 0.2) is 36.4 Å². The lowest BCUT2D eigenvalue weighted by molar-refractivity contribution is -0.115. The minimum atomic E-state index is -0.301. The normalized spacial score (nSPS) is 10.0. The van der Waals surface area contributed by atoms with Gasteiger partial charge in [0, 0.05) is 12.6 Å². The fourth-order valence-corrected chi connectivity index (χ4v) is 2.56. The lowest BCUT2D eigenvalue weighted by Crippen LogP contribution is -2.22. The van der Waals surface area contributed by atoms with E-state index in [1.165, 1.54) is 21.1 Å². The van der Waals surface area contributed by atoms with Gasteiger partial charge in [-0.3, -0.25) is 9.59 Å². The first-order chi connectivity index (χ1) is 12.4. The first-order valence-corrected chi connectivity index (χ1v) is 8.14. The third-order valence-corrected chi connectivity index (χ3v) is 3.70. The van der Waals surface area contributed by atoms with Crippen LogP contribution in [0.25, 0.3) is 0 Å². The molecule has 26 heavy (non-hydrogen) atoms. The number of rotatable bonds is 7. The van der Waals surface area contributed by atoms with Crippen molar-refractivity contribution in [3.8, 4) is 11.5 Å². The predicted molar refractivity (Wildman–Crippen MR) is 102 cm³/mol. The first-order valence-electron chi connectivity index (χ1n) is 7.76. The molecule has 138 valence electrons. The second-order valence-electron chi connectivity index (χ2n) is 5.32. The van der Waals surface area contributed by atoms with Crippen molar-refractivity contribution in [3.05, 3.63) is 41.4 Å². The molecule has 0 bridgehead atoms. The maximum atomic E-state index is 12.3. The molecule has 0 aliphatic rings. The molecule has 0 fully saturated rings. The topological polar surface area (TPSA) is 88.7 Å². The van der Waals surface area contributed by atoms with E-state index >= 15 is 0 Å². The number of carbonyl (C=O) groups is 2. The van der Waals surface area contributed by atoms with Crippen LogP contribution < -0.4 is 25.4 Å². The smallest absolute Gasteiger partial charge is 0.243 e. The van der Waals surface area contributed by atoms with E-state index in [1.54, 1.807) is 36.4 Å². The second-order valence-corrected chi connectivity index (χ2v) is 5.73. The van der Waals surface area contributed by atoms with Crippen LogP contribution in [0.1, 0.15) is 6.92 Å². The van der Waals surface area contributed by atoms with Gasteiger partial charge in [0.1, 0.15) is 5.75 Å². The number of hydrogen-bond acceptors (Lipinski definition) is 5. The summed E-state index contributed by atoms with van der Waals surface area (Å²) in [6, 6.07) is 10.2. The Morgan fingerprint density at radius 2 is 1.81 bits per heavy atom. The maximum absolute atomic E-state index is 12.3. The van der Waals surface area contributed by atoms with Crippen LogP contribution in [0.5, 0.6) is 11.5 Å². The number of halogens is 1. The van der Waals surface area contributed by atoms with Gasteiger partial charge >= 0.3 is 0 Å². The second kappa shape index (κ2) is 8.96. The zero-order valence-corrected chi connectivity index (χ0v) is 15.4. The average Bonchev–Trinajstić information content (AvgIpc) is 2.59. The average molecular weight is 378 g/mol. The molecule has 7 nitrogen and oxygen atoms in total. The van der Waals surface area contributed by atoms with Gasteiger partial charge < -0.3 is 25.4 Å². The van der Waals surface area contributed by atoms with Crippen LogP contribution in [-0.4, -0.2) is 32.6 Å². The van der Waals surface area contributed by atoms with Crippen LogP contribution >= 0.6 is 11.6 Å². The maximum Gasteiger partial charge on any atom is 0.243 e. The van der Waals surface area contributed by atoms with Gasteiger partial charge in [0.2, 0.25) is 11.8 Å². The summed E-state index contributed by atoms with van der Waals surface area (Å²) in [6.45, 7) is 1.40. The Morgan fingerprint density at radius 1 is 1.04 bits per heavy atom. The van der Waals surface area contributed by atoms with Gasteiger partial charge in [0.05, 0.1) is 37.2 Å². The summed E-state index contributed by atoms with van der Waals surface area (Å²) < 4.78 is 10.5. The minimum Gasteiger partial charge on any atom is -0.495 e. The van der Waals surface area contributed by atoms with Crippen molar-refractivity contribution in [2.75, 3.05) is 36.7 Å². The Balaban J connectivity index is 2.08. The van der Waals surface area contributed by atoms with Gasteiger partial charge in [-0.1, -0.05) is 17.7 Å². The number of para-hydroxylation sites is 1. The molecule has 0 heterocycles. The van der Waals surface area contributed by atoms with Crippen LogP contribution in [0.2, 0.25) is 5.02 Å². The highest BCUT2D eigenvalue weighted by Gasteiger charge is 2.11. The van der Waals surface area contributed by atoms with Crippen LogP contribution in [0.4, 0.5) is 17.1 Å². The lowest BCUT2D eigenvalue weighted by atomic mass is 10.2. The molecule has 0 unspecified atom stereocenters. The molecule has 0 spiro atoms. The fourth-order valence-electron chi connectivity index (χ4n) is 2.31. The minimum absolute atomic E-state index is 0.00970. The Morgan fingerprint density at radius 3 is 2.46 bits per heavy atom. The molecule has 0 aliphatic heterocycles. The number of carbonyl (C=O) groups excluding carboxylic acids is 2. The largest absolute Gasteiger partial charge is 0.495 e. The highest BCUT2D eigenvalue weighted by Crippen LogP contribution is 2.32. The highest BCUT2D eigenvalue weighted by atomic mass is 35.5. The molecule has 2 aromatic rings. The van der Waals surface area contributed by atoms with E-state index < -0.39 is 0 Å². The van der Waals surface area contributed by atoms with Crippen molar-refractivity contribution >= 4 is 40.5 Å². The zero-order chi connectivity index (χ0) is 19.1. The van der Waals surface area contributed by atoms with Crippen LogP contribution in [-0.2, 0) is 9.59 Å². The molecule has 0 radical (unpaired) electrons. The van der Waals surface area contributed by atoms with Crippen molar-refractivity contribution < 1.29 is 19.1 Å². The molecule has 3 N–H and O–H groups in total. The van der Waals surface area contributed by atoms with Gasteiger partial charge in [-0.15, -0.1) is 0 Å². The van der Waals surface area contributed by atoms with E-state index in [1.807, 2.05) is 0 Å². The Labute approximate surface area is 156 Å². The Kier molecular flexibility index (Phi) is 6.68. The lowest BCUT2D eigenvalue weighted by Gasteiger charge is -2.14. The first kappa shape index (κ1) is 19.4. The summed E-state index contributed by atoms with van der Waals surface area (Å²) in [5, 5.41) is 8.83. The van der Waals surface area contributed by atoms with Crippen molar-refractivity contribution in [1.29, 1.82) is 0 Å². The van der Waals surface area contributed by atoms with Gasteiger partial charge in [-0.2, -0.15) is 0 Å². The molecule has 8 heteroatoms. The van der Waals surface area contributed by atoms with Crippen molar-refractivity contribution in [3.63, 3.8) is 0 Å². The number of ether oxygens (including phenoxy) is 2. The molecular formula is C18H20ClN3O4. The summed E-state index contributed by atoms with van der Waals surface area (Å²) in [6.07, 6.45) is 0. The summed E-state index contributed by atoms with van der Waals surface area (Å²) in [5.74, 6) is 0.437.